The third kappa shape index (κ3) is 6.04. The van der Waals surface area contributed by atoms with Gasteiger partial charge in [0.25, 0.3) is 0 Å². The maximum absolute atomic E-state index is 12.2. The second-order valence-electron chi connectivity index (χ2n) is 6.00. The molecule has 0 aliphatic rings. The highest BCUT2D eigenvalue weighted by molar-refractivity contribution is 5.82. The van der Waals surface area contributed by atoms with Gasteiger partial charge in [0.1, 0.15) is 19.2 Å². The van der Waals surface area contributed by atoms with E-state index in [1.165, 1.54) is 21.3 Å². The van der Waals surface area contributed by atoms with Gasteiger partial charge in [0, 0.05) is 0 Å². The molecule has 0 aromatic heterocycles. The number of alkyl carbamates (subject to hydrolysis) is 1. The van der Waals surface area contributed by atoms with E-state index < -0.39 is 18.0 Å². The molecule has 2 rings (SSSR count). The summed E-state index contributed by atoms with van der Waals surface area (Å²) in [5.41, 5.74) is 1.26. The van der Waals surface area contributed by atoms with Gasteiger partial charge in [-0.15, -0.1) is 0 Å². The summed E-state index contributed by atoms with van der Waals surface area (Å²) < 4.78 is 20.8. The molecule has 0 saturated carbocycles. The van der Waals surface area contributed by atoms with Crippen molar-refractivity contribution in [1.29, 1.82) is 5.26 Å². The van der Waals surface area contributed by atoms with Gasteiger partial charge in [0.05, 0.1) is 27.4 Å². The van der Waals surface area contributed by atoms with E-state index >= 15 is 0 Å². The molecule has 2 aromatic carbocycles. The minimum atomic E-state index is -0.992. The van der Waals surface area contributed by atoms with Crippen molar-refractivity contribution in [3.8, 4) is 23.3 Å². The number of benzene rings is 2. The molecule has 2 aromatic rings. The van der Waals surface area contributed by atoms with Crippen molar-refractivity contribution in [2.24, 2.45) is 0 Å². The molecule has 1 atom stereocenters. The van der Waals surface area contributed by atoms with Gasteiger partial charge in [-0.3, -0.25) is 4.79 Å². The van der Waals surface area contributed by atoms with Gasteiger partial charge in [-0.25, -0.2) is 4.79 Å². The lowest BCUT2D eigenvalue weighted by Crippen LogP contribution is -2.38. The number of methoxy groups -OCH3 is 3. The fourth-order valence-corrected chi connectivity index (χ4v) is 2.60. The lowest BCUT2D eigenvalue weighted by Gasteiger charge is -2.17. The smallest absolute Gasteiger partial charge is 0.407 e. The Kier molecular flexibility index (Phi) is 8.32. The summed E-state index contributed by atoms with van der Waals surface area (Å²) in [4.78, 5) is 23.9. The van der Waals surface area contributed by atoms with E-state index in [1.54, 1.807) is 12.1 Å². The highest BCUT2D eigenvalue weighted by Crippen LogP contribution is 2.39. The van der Waals surface area contributed by atoms with Crippen LogP contribution in [0.15, 0.2) is 42.5 Å². The van der Waals surface area contributed by atoms with Crippen molar-refractivity contribution < 1.29 is 28.5 Å². The van der Waals surface area contributed by atoms with E-state index in [1.807, 2.05) is 36.4 Å². The predicted octanol–water partition coefficient (Wildman–Crippen LogP) is 2.32. The van der Waals surface area contributed by atoms with E-state index in [-0.39, 0.29) is 13.2 Å². The minimum absolute atomic E-state index is 0.0839. The molecule has 0 radical (unpaired) electrons. The number of nitriles is 1. The summed E-state index contributed by atoms with van der Waals surface area (Å²) in [5, 5.41) is 14.4. The Bertz CT molecular complexity index is 886. The number of carbonyl (C=O) groups is 2. The Hall–Kier alpha value is -3.93. The SMILES string of the molecule is COc1cc(C(C#N)NC(=O)CNC(=O)OCc2ccccc2)cc(OC)c1OC. The lowest BCUT2D eigenvalue weighted by molar-refractivity contribution is -0.120. The molecule has 0 saturated heterocycles. The van der Waals surface area contributed by atoms with E-state index in [4.69, 9.17) is 18.9 Å². The molecular formula is C21H23N3O6. The zero-order valence-corrected chi connectivity index (χ0v) is 16.9. The fraction of sp³-hybridized carbons (Fsp3) is 0.286. The number of amides is 2. The molecule has 158 valence electrons. The summed E-state index contributed by atoms with van der Waals surface area (Å²) in [7, 11) is 4.37. The van der Waals surface area contributed by atoms with Gasteiger partial charge in [-0.2, -0.15) is 5.26 Å². The fourth-order valence-electron chi connectivity index (χ4n) is 2.60. The number of carbonyl (C=O) groups excluding carboxylic acids is 2. The average molecular weight is 413 g/mol. The molecule has 9 nitrogen and oxygen atoms in total. The van der Waals surface area contributed by atoms with Gasteiger partial charge in [0.2, 0.25) is 11.7 Å². The van der Waals surface area contributed by atoms with Crippen molar-refractivity contribution in [3.05, 3.63) is 53.6 Å². The number of ether oxygens (including phenoxy) is 4. The van der Waals surface area contributed by atoms with Crippen molar-refractivity contribution >= 4 is 12.0 Å². The van der Waals surface area contributed by atoms with E-state index in [9.17, 15) is 14.9 Å². The van der Waals surface area contributed by atoms with Gasteiger partial charge >= 0.3 is 6.09 Å². The van der Waals surface area contributed by atoms with Crippen LogP contribution < -0.4 is 24.8 Å². The average Bonchev–Trinajstić information content (AvgIpc) is 2.79. The summed E-state index contributed by atoms with van der Waals surface area (Å²) in [6.45, 7) is -0.267. The normalized spacial score (nSPS) is 10.9. The van der Waals surface area contributed by atoms with Crippen LogP contribution in [0.25, 0.3) is 0 Å². The maximum atomic E-state index is 12.2. The van der Waals surface area contributed by atoms with Crippen LogP contribution in [0, 0.1) is 11.3 Å². The first-order chi connectivity index (χ1) is 14.5. The molecule has 9 heteroatoms. The van der Waals surface area contributed by atoms with Crippen LogP contribution >= 0.6 is 0 Å². The van der Waals surface area contributed by atoms with Crippen molar-refractivity contribution in [2.45, 2.75) is 12.6 Å². The molecule has 0 heterocycles. The molecule has 0 aliphatic carbocycles. The molecule has 2 amide bonds. The third-order valence-electron chi connectivity index (χ3n) is 4.06. The van der Waals surface area contributed by atoms with Gasteiger partial charge in [-0.1, -0.05) is 30.3 Å². The molecule has 0 spiro atoms. The zero-order valence-electron chi connectivity index (χ0n) is 16.9. The van der Waals surface area contributed by atoms with Crippen LogP contribution in [-0.4, -0.2) is 39.9 Å². The van der Waals surface area contributed by atoms with Gasteiger partial charge in [-0.05, 0) is 23.3 Å². The number of rotatable bonds is 9. The van der Waals surface area contributed by atoms with Gasteiger partial charge in [0.15, 0.2) is 11.5 Å². The highest BCUT2D eigenvalue weighted by Gasteiger charge is 2.20. The molecule has 0 bridgehead atoms. The van der Waals surface area contributed by atoms with Crippen LogP contribution in [0.4, 0.5) is 4.79 Å². The number of hydrogen-bond donors (Lipinski definition) is 2. The summed E-state index contributed by atoms with van der Waals surface area (Å²) in [6.07, 6.45) is -0.740. The third-order valence-corrected chi connectivity index (χ3v) is 4.06. The second kappa shape index (κ2) is 11.2. The Balaban J connectivity index is 1.94. The summed E-state index contributed by atoms with van der Waals surface area (Å²) in [6, 6.07) is 13.3. The van der Waals surface area contributed by atoms with Crippen molar-refractivity contribution in [3.63, 3.8) is 0 Å². The highest BCUT2D eigenvalue weighted by atomic mass is 16.5. The van der Waals surface area contributed by atoms with Gasteiger partial charge < -0.3 is 29.6 Å². The van der Waals surface area contributed by atoms with Crippen LogP contribution in [-0.2, 0) is 16.1 Å². The standard InChI is InChI=1S/C21H23N3O6/c1-27-17-9-15(10-18(28-2)20(17)29-3)16(11-22)24-19(25)12-23-21(26)30-13-14-7-5-4-6-8-14/h4-10,16H,12-13H2,1-3H3,(H,23,26)(H,24,25). The summed E-state index contributed by atoms with van der Waals surface area (Å²) in [5.74, 6) is 0.509. The Morgan fingerprint density at radius 2 is 1.67 bits per heavy atom. The molecule has 30 heavy (non-hydrogen) atoms. The Labute approximate surface area is 174 Å². The quantitative estimate of drug-likeness (QED) is 0.647. The van der Waals surface area contributed by atoms with Crippen LogP contribution in [0.3, 0.4) is 0 Å². The summed E-state index contributed by atoms with van der Waals surface area (Å²) >= 11 is 0. The molecular weight excluding hydrogens is 390 g/mol. The molecule has 0 aliphatic heterocycles. The zero-order chi connectivity index (χ0) is 21.9. The first-order valence-electron chi connectivity index (χ1n) is 8.95. The Morgan fingerprint density at radius 3 is 2.20 bits per heavy atom. The topological polar surface area (TPSA) is 119 Å². The number of hydrogen-bond acceptors (Lipinski definition) is 7. The minimum Gasteiger partial charge on any atom is -0.493 e. The number of nitrogens with one attached hydrogen (secondary N) is 2. The van der Waals surface area contributed by atoms with Crippen molar-refractivity contribution in [2.75, 3.05) is 27.9 Å². The van der Waals surface area contributed by atoms with Crippen LogP contribution in [0.2, 0.25) is 0 Å². The predicted molar refractivity (Wildman–Crippen MR) is 107 cm³/mol. The van der Waals surface area contributed by atoms with Crippen LogP contribution in [0.1, 0.15) is 17.2 Å². The van der Waals surface area contributed by atoms with E-state index in [0.29, 0.717) is 22.8 Å². The largest absolute Gasteiger partial charge is 0.493 e. The molecule has 1 unspecified atom stereocenters. The van der Waals surface area contributed by atoms with Crippen LogP contribution in [0.5, 0.6) is 17.2 Å². The lowest BCUT2D eigenvalue weighted by atomic mass is 10.1. The molecule has 2 N–H and O–H groups in total. The van der Waals surface area contributed by atoms with Crippen molar-refractivity contribution in [1.82, 2.24) is 10.6 Å². The monoisotopic (exact) mass is 413 g/mol. The molecule has 0 fully saturated rings. The van der Waals surface area contributed by atoms with E-state index in [2.05, 4.69) is 10.6 Å². The first kappa shape index (κ1) is 22.4. The maximum Gasteiger partial charge on any atom is 0.407 e. The second-order valence-corrected chi connectivity index (χ2v) is 6.00. The van der Waals surface area contributed by atoms with E-state index in [0.717, 1.165) is 5.56 Å². The number of nitrogens with zero attached hydrogens (tertiary/aromatic N) is 1. The Morgan fingerprint density at radius 1 is 1.03 bits per heavy atom. The first-order valence-corrected chi connectivity index (χ1v) is 8.95.